The number of nitrogens with zero attached hydrogens (tertiary/aromatic N) is 2. The van der Waals surface area contributed by atoms with Crippen molar-refractivity contribution in [2.45, 2.75) is 63.3 Å². The number of pyridine rings is 1. The van der Waals surface area contributed by atoms with Gasteiger partial charge in [-0.3, -0.25) is 9.69 Å². The highest BCUT2D eigenvalue weighted by atomic mass is 19.4. The maximum absolute atomic E-state index is 14.4. The first kappa shape index (κ1) is 29.9. The zero-order chi connectivity index (χ0) is 28.9. The van der Waals surface area contributed by atoms with Crippen molar-refractivity contribution in [1.82, 2.24) is 9.88 Å². The Morgan fingerprint density at radius 3 is 2.70 bits per heavy atom. The number of carboxylic acid groups (broad SMARTS) is 1. The minimum Gasteiger partial charge on any atom is -0.496 e. The molecular formula is C28H35F4N3O5. The summed E-state index contributed by atoms with van der Waals surface area (Å²) >= 11 is 0. The van der Waals surface area contributed by atoms with Crippen LogP contribution >= 0.6 is 0 Å². The number of anilines is 1. The highest BCUT2D eigenvalue weighted by Crippen LogP contribution is 2.39. The molecule has 1 fully saturated rings. The Hall–Kier alpha value is -3.12. The van der Waals surface area contributed by atoms with Crippen molar-refractivity contribution >= 4 is 11.8 Å². The highest BCUT2D eigenvalue weighted by Gasteiger charge is 2.39. The Bertz CT molecular complexity index is 1180. The third-order valence-corrected chi connectivity index (χ3v) is 7.36. The molecule has 2 aromatic rings. The molecule has 2 aliphatic heterocycles. The number of benzene rings is 1. The van der Waals surface area contributed by atoms with Crippen LogP contribution in [0.5, 0.6) is 11.5 Å². The molecule has 0 aliphatic carbocycles. The van der Waals surface area contributed by atoms with Crippen molar-refractivity contribution in [2.75, 3.05) is 45.8 Å². The fraction of sp³-hybridized carbons (Fsp3) is 0.571. The average molecular weight is 570 g/mol. The van der Waals surface area contributed by atoms with Gasteiger partial charge in [-0.15, -0.1) is 0 Å². The third-order valence-electron chi connectivity index (χ3n) is 7.36. The Labute approximate surface area is 230 Å². The largest absolute Gasteiger partial charge is 0.496 e. The van der Waals surface area contributed by atoms with Crippen molar-refractivity contribution in [3.8, 4) is 11.5 Å². The number of hydrogen-bond acceptors (Lipinski definition) is 7. The molecule has 40 heavy (non-hydrogen) atoms. The van der Waals surface area contributed by atoms with Crippen molar-refractivity contribution in [3.05, 3.63) is 46.4 Å². The van der Waals surface area contributed by atoms with Crippen LogP contribution in [0.4, 0.5) is 23.4 Å². The minimum absolute atomic E-state index is 0.198. The van der Waals surface area contributed by atoms with Crippen LogP contribution in [-0.4, -0.2) is 67.5 Å². The number of carboxylic acids is 1. The lowest BCUT2D eigenvalue weighted by Gasteiger charge is -2.27. The number of methoxy groups -OCH3 is 2. The van der Waals surface area contributed by atoms with E-state index in [1.165, 1.54) is 4.90 Å². The van der Waals surface area contributed by atoms with Gasteiger partial charge in [0.25, 0.3) is 0 Å². The molecule has 4 rings (SSSR count). The van der Waals surface area contributed by atoms with Gasteiger partial charge in [0.15, 0.2) is 11.6 Å². The molecule has 2 N–H and O–H groups in total. The van der Waals surface area contributed by atoms with Gasteiger partial charge in [-0.2, -0.15) is 13.2 Å². The fourth-order valence-corrected chi connectivity index (χ4v) is 5.41. The lowest BCUT2D eigenvalue weighted by atomic mass is 10.0. The van der Waals surface area contributed by atoms with E-state index >= 15 is 0 Å². The highest BCUT2D eigenvalue weighted by molar-refractivity contribution is 5.77. The number of fused-ring (bicyclic) bond motifs is 1. The molecule has 0 unspecified atom stereocenters. The summed E-state index contributed by atoms with van der Waals surface area (Å²) in [4.78, 5) is 18.4. The van der Waals surface area contributed by atoms with Gasteiger partial charge < -0.3 is 24.6 Å². The first-order valence-electron chi connectivity index (χ1n) is 13.5. The van der Waals surface area contributed by atoms with Crippen LogP contribution in [0.1, 0.15) is 60.5 Å². The van der Waals surface area contributed by atoms with Gasteiger partial charge >= 0.3 is 12.1 Å². The molecule has 1 saturated heterocycles. The van der Waals surface area contributed by atoms with Crippen LogP contribution in [0.25, 0.3) is 0 Å². The van der Waals surface area contributed by atoms with Crippen molar-refractivity contribution in [3.63, 3.8) is 0 Å². The predicted molar refractivity (Wildman–Crippen MR) is 139 cm³/mol. The predicted octanol–water partition coefficient (Wildman–Crippen LogP) is 5.24. The second-order valence-electron chi connectivity index (χ2n) is 10.1. The first-order valence-corrected chi connectivity index (χ1v) is 13.5. The Morgan fingerprint density at radius 2 is 2.00 bits per heavy atom. The van der Waals surface area contributed by atoms with E-state index in [2.05, 4.69) is 5.32 Å². The number of rotatable bonds is 12. The number of nitrogens with one attached hydrogen (secondary N) is 1. The monoisotopic (exact) mass is 569 g/mol. The lowest BCUT2D eigenvalue weighted by Crippen LogP contribution is -2.34. The summed E-state index contributed by atoms with van der Waals surface area (Å²) in [7, 11) is 2.77. The Kier molecular flexibility index (Phi) is 9.72. The smallest absolute Gasteiger partial charge is 0.416 e. The van der Waals surface area contributed by atoms with Gasteiger partial charge in [-0.1, -0.05) is 6.42 Å². The summed E-state index contributed by atoms with van der Waals surface area (Å²) in [6.07, 6.45) is 0.829. The average Bonchev–Trinajstić information content (AvgIpc) is 3.37. The van der Waals surface area contributed by atoms with E-state index in [1.54, 1.807) is 7.11 Å². The van der Waals surface area contributed by atoms with Crippen LogP contribution in [0.3, 0.4) is 0 Å². The lowest BCUT2D eigenvalue weighted by molar-refractivity contribution is -0.144. The van der Waals surface area contributed by atoms with E-state index in [-0.39, 0.29) is 24.8 Å². The molecule has 0 amide bonds. The van der Waals surface area contributed by atoms with Crippen LogP contribution in [-0.2, 0) is 28.5 Å². The molecule has 12 heteroatoms. The van der Waals surface area contributed by atoms with Crippen LogP contribution in [0.2, 0.25) is 0 Å². The van der Waals surface area contributed by atoms with Gasteiger partial charge in [0.2, 0.25) is 0 Å². The van der Waals surface area contributed by atoms with E-state index in [0.29, 0.717) is 25.2 Å². The zero-order valence-electron chi connectivity index (χ0n) is 22.7. The number of aliphatic carboxylic acids is 1. The maximum Gasteiger partial charge on any atom is 0.416 e. The number of halogens is 4. The summed E-state index contributed by atoms with van der Waals surface area (Å²) in [5.41, 5.74) is 0.460. The first-order chi connectivity index (χ1) is 19.1. The fourth-order valence-electron chi connectivity index (χ4n) is 5.41. The van der Waals surface area contributed by atoms with Gasteiger partial charge in [-0.05, 0) is 50.7 Å². The molecule has 2 aliphatic rings. The van der Waals surface area contributed by atoms with Crippen LogP contribution in [0.15, 0.2) is 18.2 Å². The quantitative estimate of drug-likeness (QED) is 0.265. The normalized spacial score (nSPS) is 18.2. The van der Waals surface area contributed by atoms with Crippen LogP contribution in [0, 0.1) is 5.82 Å². The second kappa shape index (κ2) is 13.0. The molecule has 8 nitrogen and oxygen atoms in total. The summed E-state index contributed by atoms with van der Waals surface area (Å²) in [5, 5.41) is 13.2. The standard InChI is InChI=1S/C28H35F4N3O5/c1-38-23-15-18(34-26-20(23)8-6-10-33-26)7-4-3-5-12-40-19-9-11-35(16-19)24(27(36)37)21-13-17(28(30,31)32)14-22(29)25(21)39-2/h13-15,19,24H,3-12,16H2,1-2H3,(H,33,34)(H,36,37)/t19-,24-/m1/s1. The molecule has 220 valence electrons. The minimum atomic E-state index is -4.83. The number of aromatic nitrogens is 1. The number of carbonyl (C=O) groups is 1. The maximum atomic E-state index is 14.4. The van der Waals surface area contributed by atoms with Crippen molar-refractivity contribution < 1.29 is 41.7 Å². The molecule has 2 atom stereocenters. The van der Waals surface area contributed by atoms with Gasteiger partial charge in [0.1, 0.15) is 17.6 Å². The Morgan fingerprint density at radius 1 is 1.20 bits per heavy atom. The van der Waals surface area contributed by atoms with Crippen molar-refractivity contribution in [1.29, 1.82) is 0 Å². The van der Waals surface area contributed by atoms with E-state index < -0.39 is 35.3 Å². The molecule has 3 heterocycles. The number of unbranched alkanes of at least 4 members (excludes halogenated alkanes) is 2. The molecule has 0 spiro atoms. The van der Waals surface area contributed by atoms with E-state index in [0.717, 1.165) is 75.0 Å². The number of hydrogen-bond donors (Lipinski definition) is 2. The zero-order valence-corrected chi connectivity index (χ0v) is 22.7. The van der Waals surface area contributed by atoms with E-state index in [1.807, 2.05) is 6.07 Å². The van der Waals surface area contributed by atoms with Crippen molar-refractivity contribution in [2.24, 2.45) is 0 Å². The van der Waals surface area contributed by atoms with Gasteiger partial charge in [0.05, 0.1) is 25.9 Å². The van der Waals surface area contributed by atoms with E-state index in [9.17, 15) is 27.5 Å². The van der Waals surface area contributed by atoms with Gasteiger partial charge in [0, 0.05) is 49.1 Å². The summed E-state index contributed by atoms with van der Waals surface area (Å²) in [6, 6.07) is 1.46. The topological polar surface area (TPSA) is 93.2 Å². The summed E-state index contributed by atoms with van der Waals surface area (Å²) < 4.78 is 70.8. The molecule has 1 aromatic heterocycles. The molecule has 0 radical (unpaired) electrons. The van der Waals surface area contributed by atoms with Crippen LogP contribution < -0.4 is 14.8 Å². The Balaban J connectivity index is 1.28. The summed E-state index contributed by atoms with van der Waals surface area (Å²) in [6.45, 7) is 1.85. The molecule has 0 saturated carbocycles. The van der Waals surface area contributed by atoms with Gasteiger partial charge in [-0.25, -0.2) is 9.37 Å². The summed E-state index contributed by atoms with van der Waals surface area (Å²) in [5.74, 6) is -1.39. The van der Waals surface area contributed by atoms with E-state index in [4.69, 9.17) is 19.2 Å². The SMILES string of the molecule is COc1cc(CCCCCO[C@@H]2CCN([C@@H](C(=O)O)c3cc(C(F)(F)F)cc(F)c3OC)C2)nc2c1CCCN2. The number of ether oxygens (including phenoxy) is 3. The molecule has 0 bridgehead atoms. The molecule has 1 aromatic carbocycles. The number of aryl methyl sites for hydroxylation is 1. The second-order valence-corrected chi connectivity index (χ2v) is 10.1. The number of likely N-dealkylation sites (tertiary alicyclic amines) is 1. The number of alkyl halides is 3. The molecular weight excluding hydrogens is 534 g/mol. The third kappa shape index (κ3) is 6.95.